The fraction of sp³-hybridized carbons (Fsp3) is 0.419. The maximum atomic E-state index is 13.4. The largest absolute Gasteiger partial charge is 0.394 e. The number of nitrogens with zero attached hydrogens (tertiary/aromatic N) is 7. The average Bonchev–Trinajstić information content (AvgIpc) is 3.96. The Balaban J connectivity index is 1.06. The minimum absolute atomic E-state index is 0.0262. The second-order valence-electron chi connectivity index (χ2n) is 13.0. The third-order valence-electron chi connectivity index (χ3n) is 8.90. The molecule has 2 saturated heterocycles. The molecule has 5 aromatic rings. The zero-order chi connectivity index (χ0) is 39.7. The standard InChI is InChI=1S/C31H36N11O12PS/c1-15(2)27(44)39-31-38-26-23(29(46)40-31)35-14-42(26)30-19(8-17(11-43)51-30)54-56(49,50)36-10-20-18(53-55(47)48)9-21(52-20)41-13-34-22-24(32-12-33-25(22)41)37-28(45)16-6-4-3-5-7-16/h3-7,12-15,17-21,30,36,43,55H,8-11H2,1-2H3,(H,47,48)(H,32,33,37,45)(H2,38,39,40,44,46)/t17-,18-,19+,20+,21+,30+/m0/s1. The normalized spacial score (nSPS) is 23.2. The molecule has 0 aliphatic carbocycles. The lowest BCUT2D eigenvalue weighted by molar-refractivity contribution is -0.118. The SMILES string of the molecule is CC(C)C(=O)Nc1nc2c(ncn2[C@@H]2O[C@H](CO)C[C@H]2OS(=O)(=O)NC[C@H]2O[C@@H](n3cnc4c(NC(=O)c5ccccc5)ncnc43)C[C@@H]2O[PH](=O)O)c(=O)[nH]1. The summed E-state index contributed by atoms with van der Waals surface area (Å²) in [6.45, 7) is 2.32. The fourth-order valence-corrected chi connectivity index (χ4v) is 7.65. The smallest absolute Gasteiger partial charge is 0.336 e. The number of anilines is 2. The number of aromatic nitrogens is 8. The van der Waals surface area contributed by atoms with Crippen LogP contribution in [0.25, 0.3) is 22.3 Å². The molecule has 23 nitrogen and oxygen atoms in total. The van der Waals surface area contributed by atoms with Gasteiger partial charge in [-0.2, -0.15) is 18.1 Å². The summed E-state index contributed by atoms with van der Waals surface area (Å²) in [5, 5.41) is 15.1. The van der Waals surface area contributed by atoms with E-state index in [-0.39, 0.29) is 46.9 Å². The highest BCUT2D eigenvalue weighted by atomic mass is 32.2. The molecule has 7 atom stereocenters. The van der Waals surface area contributed by atoms with Gasteiger partial charge in [-0.25, -0.2) is 24.1 Å². The molecule has 0 radical (unpaired) electrons. The molecule has 56 heavy (non-hydrogen) atoms. The molecule has 7 rings (SSSR count). The molecule has 6 N–H and O–H groups in total. The van der Waals surface area contributed by atoms with Crippen LogP contribution in [0, 0.1) is 5.92 Å². The molecular formula is C31H36N11O12PS. The van der Waals surface area contributed by atoms with Gasteiger partial charge in [0.25, 0.3) is 11.5 Å². The molecule has 2 aliphatic rings. The molecule has 1 aromatic carbocycles. The summed E-state index contributed by atoms with van der Waals surface area (Å²) in [5.41, 5.74) is -0.000123. The first-order chi connectivity index (χ1) is 26.8. The summed E-state index contributed by atoms with van der Waals surface area (Å²) < 4.78 is 66.3. The maximum Gasteiger partial charge on any atom is 0.336 e. The van der Waals surface area contributed by atoms with Crippen molar-refractivity contribution in [3.8, 4) is 0 Å². The molecule has 2 amide bonds. The van der Waals surface area contributed by atoms with Gasteiger partial charge in [0, 0.05) is 30.9 Å². The third-order valence-corrected chi connectivity index (χ3v) is 10.4. The van der Waals surface area contributed by atoms with Crippen LogP contribution >= 0.6 is 8.25 Å². The molecule has 6 heterocycles. The number of nitrogens with one attached hydrogen (secondary N) is 4. The van der Waals surface area contributed by atoms with Crippen LogP contribution in [0.3, 0.4) is 0 Å². The van der Waals surface area contributed by atoms with E-state index in [2.05, 4.69) is 45.3 Å². The van der Waals surface area contributed by atoms with Crippen molar-refractivity contribution in [2.75, 3.05) is 23.8 Å². The third kappa shape index (κ3) is 8.37. The van der Waals surface area contributed by atoms with E-state index < -0.39 is 91.9 Å². The minimum atomic E-state index is -4.64. The predicted octanol–water partition coefficient (Wildman–Crippen LogP) is 0.360. The monoisotopic (exact) mass is 817 g/mol. The summed E-state index contributed by atoms with van der Waals surface area (Å²) in [6.07, 6.45) is -2.86. The van der Waals surface area contributed by atoms with E-state index in [0.717, 1.165) is 0 Å². The lowest BCUT2D eigenvalue weighted by Gasteiger charge is -2.22. The number of rotatable bonds is 14. The number of aromatic amines is 1. The van der Waals surface area contributed by atoms with Gasteiger partial charge >= 0.3 is 18.6 Å². The van der Waals surface area contributed by atoms with Crippen LogP contribution in [-0.2, 0) is 37.8 Å². The summed E-state index contributed by atoms with van der Waals surface area (Å²) in [6, 6.07) is 8.46. The Morgan fingerprint density at radius 1 is 1.02 bits per heavy atom. The molecule has 25 heteroatoms. The molecular weight excluding hydrogens is 781 g/mol. The first-order valence-electron chi connectivity index (χ1n) is 17.1. The van der Waals surface area contributed by atoms with Gasteiger partial charge in [0.1, 0.15) is 24.8 Å². The van der Waals surface area contributed by atoms with Crippen LogP contribution < -0.4 is 20.9 Å². The summed E-state index contributed by atoms with van der Waals surface area (Å²) >= 11 is 0. The predicted molar refractivity (Wildman–Crippen MR) is 193 cm³/mol. The van der Waals surface area contributed by atoms with E-state index in [0.29, 0.717) is 5.56 Å². The summed E-state index contributed by atoms with van der Waals surface area (Å²) in [4.78, 5) is 71.0. The minimum Gasteiger partial charge on any atom is -0.394 e. The van der Waals surface area contributed by atoms with Crippen LogP contribution in [0.1, 0.15) is 49.5 Å². The number of imidazole rings is 2. The number of ether oxygens (including phenoxy) is 2. The molecule has 2 aliphatic heterocycles. The van der Waals surface area contributed by atoms with Gasteiger partial charge in [-0.3, -0.25) is 38.4 Å². The Hall–Kier alpha value is -5.04. The second kappa shape index (κ2) is 16.2. The van der Waals surface area contributed by atoms with Gasteiger partial charge in [0.15, 0.2) is 34.4 Å². The molecule has 1 unspecified atom stereocenters. The number of carbonyl (C=O) groups is 2. The van der Waals surface area contributed by atoms with Crippen molar-refractivity contribution in [3.05, 3.63) is 65.2 Å². The first-order valence-corrected chi connectivity index (χ1v) is 19.8. The van der Waals surface area contributed by atoms with Crippen molar-refractivity contribution >= 4 is 64.5 Å². The highest BCUT2D eigenvalue weighted by Gasteiger charge is 2.43. The number of fused-ring (bicyclic) bond motifs is 2. The maximum absolute atomic E-state index is 13.4. The van der Waals surface area contributed by atoms with E-state index in [9.17, 15) is 37.4 Å². The highest BCUT2D eigenvalue weighted by Crippen LogP contribution is 2.38. The number of hydrogen-bond donors (Lipinski definition) is 6. The van der Waals surface area contributed by atoms with Crippen LogP contribution in [-0.4, -0.2) is 107 Å². The quantitative estimate of drug-likeness (QED) is 0.0824. The fourth-order valence-electron chi connectivity index (χ4n) is 6.21. The number of aliphatic hydroxyl groups is 1. The van der Waals surface area contributed by atoms with E-state index >= 15 is 0 Å². The van der Waals surface area contributed by atoms with Crippen LogP contribution in [0.4, 0.5) is 11.8 Å². The van der Waals surface area contributed by atoms with Crippen molar-refractivity contribution in [2.24, 2.45) is 5.92 Å². The van der Waals surface area contributed by atoms with E-state index in [1.165, 1.54) is 28.1 Å². The van der Waals surface area contributed by atoms with E-state index in [4.69, 9.17) is 18.2 Å². The van der Waals surface area contributed by atoms with Gasteiger partial charge in [-0.1, -0.05) is 32.0 Å². The van der Waals surface area contributed by atoms with Gasteiger partial charge in [-0.15, -0.1) is 0 Å². The van der Waals surface area contributed by atoms with Crippen molar-refractivity contribution in [2.45, 2.75) is 63.6 Å². The Labute approximate surface area is 317 Å². The van der Waals surface area contributed by atoms with Crippen molar-refractivity contribution in [1.29, 1.82) is 0 Å². The van der Waals surface area contributed by atoms with E-state index in [1.807, 2.05) is 0 Å². The van der Waals surface area contributed by atoms with Gasteiger partial charge in [0.05, 0.1) is 31.5 Å². The Kier molecular flexibility index (Phi) is 11.3. The zero-order valence-corrected chi connectivity index (χ0v) is 31.3. The lowest BCUT2D eigenvalue weighted by atomic mass is 10.2. The molecule has 0 saturated carbocycles. The van der Waals surface area contributed by atoms with Crippen LogP contribution in [0.5, 0.6) is 0 Å². The number of hydrogen-bond acceptors (Lipinski definition) is 16. The van der Waals surface area contributed by atoms with Crippen LogP contribution in [0.15, 0.2) is 54.1 Å². The van der Waals surface area contributed by atoms with Crippen molar-refractivity contribution < 1.29 is 50.8 Å². The Bertz CT molecular complexity index is 2440. The van der Waals surface area contributed by atoms with Crippen LogP contribution in [0.2, 0.25) is 0 Å². The summed E-state index contributed by atoms with van der Waals surface area (Å²) in [7, 11) is -8.16. The van der Waals surface area contributed by atoms with Crippen molar-refractivity contribution in [3.63, 3.8) is 0 Å². The average molecular weight is 818 g/mol. The second-order valence-corrected chi connectivity index (χ2v) is 15.2. The highest BCUT2D eigenvalue weighted by molar-refractivity contribution is 7.84. The zero-order valence-electron chi connectivity index (χ0n) is 29.5. The van der Waals surface area contributed by atoms with Gasteiger partial charge in [0.2, 0.25) is 11.9 Å². The lowest BCUT2D eigenvalue weighted by Crippen LogP contribution is -2.40. The molecule has 0 bridgehead atoms. The number of carbonyl (C=O) groups excluding carboxylic acids is 2. The number of benzene rings is 1. The number of H-pyrrole nitrogens is 1. The Morgan fingerprint density at radius 2 is 1.77 bits per heavy atom. The number of amides is 2. The van der Waals surface area contributed by atoms with Crippen molar-refractivity contribution in [1.82, 2.24) is 43.8 Å². The topological polar surface area (TPSA) is 306 Å². The Morgan fingerprint density at radius 3 is 2.50 bits per heavy atom. The first kappa shape index (κ1) is 39.2. The summed E-state index contributed by atoms with van der Waals surface area (Å²) in [5.74, 6) is -1.32. The van der Waals surface area contributed by atoms with E-state index in [1.54, 1.807) is 44.2 Å². The van der Waals surface area contributed by atoms with Gasteiger partial charge in [-0.05, 0) is 12.1 Å². The molecule has 4 aromatic heterocycles. The molecule has 298 valence electrons. The van der Waals surface area contributed by atoms with Gasteiger partial charge < -0.3 is 29.3 Å². The molecule has 0 spiro atoms. The number of aliphatic hydroxyl groups excluding tert-OH is 1. The molecule has 2 fully saturated rings.